The highest BCUT2D eigenvalue weighted by Crippen LogP contribution is 2.62. The zero-order valence-corrected chi connectivity index (χ0v) is 21.1. The zero-order chi connectivity index (χ0) is 21.9. The first-order valence-electron chi connectivity index (χ1n) is 11.5. The van der Waals surface area contributed by atoms with Gasteiger partial charge in [-0.3, -0.25) is 0 Å². The molecule has 0 amide bonds. The first-order valence-corrected chi connectivity index (χ1v) is 13.6. The van der Waals surface area contributed by atoms with Gasteiger partial charge >= 0.3 is 0 Å². The maximum Gasteiger partial charge on any atom is 0.0480 e. The maximum absolute atomic E-state index is 2.52. The molecule has 0 aliphatic carbocycles. The van der Waals surface area contributed by atoms with E-state index in [-0.39, 0.29) is 0 Å². The van der Waals surface area contributed by atoms with Gasteiger partial charge in [0.15, 0.2) is 0 Å². The summed E-state index contributed by atoms with van der Waals surface area (Å²) in [4.78, 5) is 0. The lowest BCUT2D eigenvalue weighted by atomic mass is 9.89. The summed E-state index contributed by atoms with van der Waals surface area (Å²) >= 11 is 1.98. The van der Waals surface area contributed by atoms with Gasteiger partial charge in [0.05, 0.1) is 0 Å². The van der Waals surface area contributed by atoms with Crippen molar-refractivity contribution < 1.29 is 0 Å². The Hall–Kier alpha value is -2.08. The van der Waals surface area contributed by atoms with E-state index in [2.05, 4.69) is 102 Å². The Morgan fingerprint density at radius 1 is 0.677 bits per heavy atom. The first-order chi connectivity index (χ1) is 14.9. The van der Waals surface area contributed by atoms with Crippen LogP contribution in [0.1, 0.15) is 76.0 Å². The number of thiophene rings is 1. The molecule has 5 aromatic rings. The summed E-state index contributed by atoms with van der Waals surface area (Å²) < 4.78 is 2.92. The van der Waals surface area contributed by atoms with Crippen LogP contribution in [0.2, 0.25) is 0 Å². The van der Waals surface area contributed by atoms with Crippen LogP contribution in [0.5, 0.6) is 0 Å². The van der Waals surface area contributed by atoms with Gasteiger partial charge in [0.1, 0.15) is 0 Å². The van der Waals surface area contributed by atoms with E-state index in [0.29, 0.717) is 17.8 Å². The molecule has 3 aromatic carbocycles. The Balaban J connectivity index is 2.02. The molecule has 2 heterocycles. The second kappa shape index (κ2) is 7.80. The van der Waals surface area contributed by atoms with Crippen LogP contribution in [0.15, 0.2) is 60.7 Å². The fourth-order valence-electron chi connectivity index (χ4n) is 4.83. The van der Waals surface area contributed by atoms with Gasteiger partial charge in [-0.2, -0.15) is 0 Å². The average Bonchev–Trinajstić information content (AvgIpc) is 3.27. The Kier molecular flexibility index (Phi) is 5.24. The summed E-state index contributed by atoms with van der Waals surface area (Å²) in [7, 11) is -0.562. The normalized spacial score (nSPS) is 13.0. The van der Waals surface area contributed by atoms with Crippen LogP contribution in [-0.2, 0) is 0 Å². The largest absolute Gasteiger partial charge is 0.134 e. The standard InChI is InChI=1S/C29H31PS/c1-17(2)20-15-23(18(3)4)27(24(16-20)19(5)6)30-25-13-9-7-11-21(25)29-28(30)22-12-8-10-14-26(22)31-29/h7-19H,1-6H3. The van der Waals surface area contributed by atoms with Crippen molar-refractivity contribution in [3.05, 3.63) is 77.4 Å². The lowest BCUT2D eigenvalue weighted by Gasteiger charge is -2.23. The molecule has 2 aromatic heterocycles. The number of rotatable bonds is 4. The Morgan fingerprint density at radius 2 is 1.26 bits per heavy atom. The van der Waals surface area contributed by atoms with Crippen molar-refractivity contribution in [2.45, 2.75) is 59.3 Å². The van der Waals surface area contributed by atoms with Crippen LogP contribution in [0.4, 0.5) is 0 Å². The molecule has 0 spiro atoms. The van der Waals surface area contributed by atoms with Gasteiger partial charge in [-0.15, -0.1) is 11.3 Å². The smallest absolute Gasteiger partial charge is 0.0480 e. The highest BCUT2D eigenvalue weighted by Gasteiger charge is 2.24. The van der Waals surface area contributed by atoms with Gasteiger partial charge in [0, 0.05) is 35.7 Å². The molecule has 0 saturated heterocycles. The summed E-state index contributed by atoms with van der Waals surface area (Å²) in [6.07, 6.45) is 0. The van der Waals surface area contributed by atoms with E-state index in [9.17, 15) is 0 Å². The molecule has 0 nitrogen and oxygen atoms in total. The monoisotopic (exact) mass is 442 g/mol. The van der Waals surface area contributed by atoms with E-state index in [0.717, 1.165) is 0 Å². The van der Waals surface area contributed by atoms with Crippen molar-refractivity contribution in [3.63, 3.8) is 0 Å². The van der Waals surface area contributed by atoms with Gasteiger partial charge < -0.3 is 0 Å². The average molecular weight is 443 g/mol. The van der Waals surface area contributed by atoms with Gasteiger partial charge in [0.25, 0.3) is 0 Å². The predicted octanol–water partition coefficient (Wildman–Crippen LogP) is 10.6. The molecule has 0 N–H and O–H groups in total. The van der Waals surface area contributed by atoms with E-state index in [1.165, 1.54) is 25.7 Å². The zero-order valence-electron chi connectivity index (χ0n) is 19.4. The van der Waals surface area contributed by atoms with E-state index in [4.69, 9.17) is 0 Å². The molecule has 0 aliphatic heterocycles. The lowest BCUT2D eigenvalue weighted by molar-refractivity contribution is 0.811. The molecular weight excluding hydrogens is 411 g/mol. The van der Waals surface area contributed by atoms with Gasteiger partial charge in [-0.25, -0.2) is 0 Å². The van der Waals surface area contributed by atoms with Crippen LogP contribution in [0.3, 0.4) is 0 Å². The summed E-state index contributed by atoms with van der Waals surface area (Å²) in [5, 5.41) is 7.69. The number of hydrogen-bond donors (Lipinski definition) is 0. The molecule has 0 aliphatic rings. The van der Waals surface area contributed by atoms with E-state index >= 15 is 0 Å². The van der Waals surface area contributed by atoms with E-state index < -0.39 is 7.53 Å². The molecule has 0 bridgehead atoms. The molecular formula is C29H31PS. The minimum atomic E-state index is -0.562. The molecule has 1 unspecified atom stereocenters. The number of hydrogen-bond acceptors (Lipinski definition) is 1. The molecule has 31 heavy (non-hydrogen) atoms. The molecule has 5 rings (SSSR count). The first kappa shape index (κ1) is 20.8. The summed E-state index contributed by atoms with van der Waals surface area (Å²) in [6, 6.07) is 23.3. The summed E-state index contributed by atoms with van der Waals surface area (Å²) in [5.41, 5.74) is 4.59. The van der Waals surface area contributed by atoms with E-state index in [1.54, 1.807) is 26.7 Å². The van der Waals surface area contributed by atoms with Crippen LogP contribution in [0.25, 0.3) is 35.7 Å². The fraction of sp³-hybridized carbons (Fsp3) is 0.310. The third-order valence-electron chi connectivity index (χ3n) is 6.51. The molecule has 1 atom stereocenters. The van der Waals surface area contributed by atoms with Gasteiger partial charge in [-0.1, -0.05) is 97.6 Å². The van der Waals surface area contributed by atoms with Gasteiger partial charge in [0.2, 0.25) is 0 Å². The van der Waals surface area contributed by atoms with Crippen LogP contribution >= 0.6 is 18.9 Å². The van der Waals surface area contributed by atoms with Crippen molar-refractivity contribution >= 4 is 49.3 Å². The van der Waals surface area contributed by atoms with Crippen molar-refractivity contribution in [2.24, 2.45) is 0 Å². The predicted molar refractivity (Wildman–Crippen MR) is 143 cm³/mol. The van der Waals surface area contributed by atoms with Crippen LogP contribution < -0.4 is 0 Å². The highest BCUT2D eigenvalue weighted by atomic mass is 32.1. The van der Waals surface area contributed by atoms with Gasteiger partial charge in [-0.05, 0) is 46.6 Å². The van der Waals surface area contributed by atoms with Crippen molar-refractivity contribution in [3.8, 4) is 5.30 Å². The van der Waals surface area contributed by atoms with Crippen molar-refractivity contribution in [1.82, 2.24) is 0 Å². The molecule has 2 heteroatoms. The van der Waals surface area contributed by atoms with Crippen molar-refractivity contribution in [1.29, 1.82) is 0 Å². The quantitative estimate of drug-likeness (QED) is 0.260. The second-order valence-electron chi connectivity index (χ2n) is 9.64. The van der Waals surface area contributed by atoms with Crippen LogP contribution in [-0.4, -0.2) is 0 Å². The maximum atomic E-state index is 2.52. The highest BCUT2D eigenvalue weighted by molar-refractivity contribution is 7.69. The number of fused-ring (bicyclic) bond motifs is 5. The fourth-order valence-corrected chi connectivity index (χ4v) is 9.82. The van der Waals surface area contributed by atoms with E-state index in [1.807, 2.05) is 11.3 Å². The molecule has 0 saturated carbocycles. The van der Waals surface area contributed by atoms with Crippen LogP contribution in [0, 0.1) is 0 Å². The topological polar surface area (TPSA) is 0 Å². The summed E-state index contributed by atoms with van der Waals surface area (Å²) in [6.45, 7) is 14.1. The lowest BCUT2D eigenvalue weighted by Crippen LogP contribution is -2.01. The molecule has 0 fully saturated rings. The molecule has 0 radical (unpaired) electrons. The Labute approximate surface area is 191 Å². The minimum Gasteiger partial charge on any atom is -0.134 e. The summed E-state index contributed by atoms with van der Waals surface area (Å²) in [5.74, 6) is 1.56. The number of benzene rings is 3. The SMILES string of the molecule is CC(C)c1cc(C(C)C)c(-p2c3ccccc3c3sc4ccccc4c32)c(C(C)C)c1. The Bertz CT molecular complexity index is 1380. The second-order valence-corrected chi connectivity index (χ2v) is 12.7. The van der Waals surface area contributed by atoms with Crippen molar-refractivity contribution in [2.75, 3.05) is 0 Å². The third-order valence-corrected chi connectivity index (χ3v) is 10.6. The molecule has 158 valence electrons. The third kappa shape index (κ3) is 3.25. The minimum absolute atomic E-state index is 0.509. The Morgan fingerprint density at radius 3 is 1.87 bits per heavy atom.